The molecule has 0 spiro atoms. The van der Waals surface area contributed by atoms with Crippen LogP contribution in [0.1, 0.15) is 18.5 Å². The van der Waals surface area contributed by atoms with E-state index in [1.165, 1.54) is 6.20 Å². The van der Waals surface area contributed by atoms with Gasteiger partial charge in [0, 0.05) is 18.3 Å². The molecule has 19 heavy (non-hydrogen) atoms. The first-order chi connectivity index (χ1) is 8.99. The molecule has 1 unspecified atom stereocenters. The van der Waals surface area contributed by atoms with E-state index in [1.807, 2.05) is 0 Å². The van der Waals surface area contributed by atoms with Crippen molar-refractivity contribution < 1.29 is 24.6 Å². The van der Waals surface area contributed by atoms with E-state index in [-0.39, 0.29) is 19.3 Å². The molecule has 0 radical (unpaired) electrons. The van der Waals surface area contributed by atoms with Gasteiger partial charge in [-0.2, -0.15) is 0 Å². The highest BCUT2D eigenvalue weighted by molar-refractivity contribution is 5.84. The van der Waals surface area contributed by atoms with Crippen molar-refractivity contribution in [2.45, 2.75) is 25.3 Å². The second kappa shape index (κ2) is 7.10. The molecule has 1 aromatic heterocycles. The second-order valence-electron chi connectivity index (χ2n) is 3.89. The van der Waals surface area contributed by atoms with Gasteiger partial charge in [-0.05, 0) is 18.6 Å². The maximum atomic E-state index is 11.6. The Labute approximate surface area is 109 Å². The number of nitrogens with one attached hydrogen (secondary N) is 1. The third kappa shape index (κ3) is 5.62. The molecule has 0 aliphatic rings. The summed E-state index contributed by atoms with van der Waals surface area (Å²) >= 11 is 0. The van der Waals surface area contributed by atoms with Crippen LogP contribution in [0.4, 0.5) is 0 Å². The summed E-state index contributed by atoms with van der Waals surface area (Å²) in [6.07, 6.45) is 1.01. The van der Waals surface area contributed by atoms with E-state index in [2.05, 4.69) is 10.3 Å². The smallest absolute Gasteiger partial charge is 0.326 e. The number of carboxylic acid groups (broad SMARTS) is 2. The van der Waals surface area contributed by atoms with Gasteiger partial charge in [-0.15, -0.1) is 0 Å². The largest absolute Gasteiger partial charge is 0.481 e. The van der Waals surface area contributed by atoms with Crippen LogP contribution in [0.25, 0.3) is 0 Å². The Morgan fingerprint density at radius 3 is 2.53 bits per heavy atom. The summed E-state index contributed by atoms with van der Waals surface area (Å²) in [5.74, 6) is -2.86. The Balaban J connectivity index is 2.52. The molecule has 1 rings (SSSR count). The van der Waals surface area contributed by atoms with Gasteiger partial charge in [-0.3, -0.25) is 14.6 Å². The van der Waals surface area contributed by atoms with Crippen LogP contribution in [-0.2, 0) is 20.8 Å². The minimum Gasteiger partial charge on any atom is -0.481 e. The Kier molecular flexibility index (Phi) is 5.46. The van der Waals surface area contributed by atoms with Crippen molar-refractivity contribution in [2.24, 2.45) is 0 Å². The summed E-state index contributed by atoms with van der Waals surface area (Å²) in [6.45, 7) is 0. The van der Waals surface area contributed by atoms with E-state index < -0.39 is 23.9 Å². The van der Waals surface area contributed by atoms with Crippen molar-refractivity contribution >= 4 is 17.8 Å². The number of nitrogens with zero attached hydrogens (tertiary/aromatic N) is 1. The number of rotatable bonds is 7. The number of carboxylic acids is 2. The van der Waals surface area contributed by atoms with Gasteiger partial charge < -0.3 is 15.5 Å². The molecule has 102 valence electrons. The van der Waals surface area contributed by atoms with Crippen LogP contribution < -0.4 is 5.32 Å². The Bertz CT molecular complexity index is 460. The van der Waals surface area contributed by atoms with Crippen LogP contribution in [0.5, 0.6) is 0 Å². The zero-order chi connectivity index (χ0) is 14.3. The van der Waals surface area contributed by atoms with E-state index in [9.17, 15) is 14.4 Å². The fourth-order valence-corrected chi connectivity index (χ4v) is 1.44. The van der Waals surface area contributed by atoms with Crippen LogP contribution >= 0.6 is 0 Å². The number of amides is 1. The predicted octanol–water partition coefficient (Wildman–Crippen LogP) is 0.0583. The number of carbonyl (C=O) groups excluding carboxylic acids is 1. The topological polar surface area (TPSA) is 117 Å². The van der Waals surface area contributed by atoms with Crippen molar-refractivity contribution in [3.8, 4) is 0 Å². The third-order valence-electron chi connectivity index (χ3n) is 2.35. The fourth-order valence-electron chi connectivity index (χ4n) is 1.44. The highest BCUT2D eigenvalue weighted by atomic mass is 16.4. The van der Waals surface area contributed by atoms with Gasteiger partial charge in [-0.25, -0.2) is 4.79 Å². The molecular weight excluding hydrogens is 252 g/mol. The summed E-state index contributed by atoms with van der Waals surface area (Å²) in [5, 5.41) is 19.7. The van der Waals surface area contributed by atoms with E-state index in [1.54, 1.807) is 18.2 Å². The molecule has 0 bridgehead atoms. The molecule has 0 saturated carbocycles. The lowest BCUT2D eigenvalue weighted by Crippen LogP contribution is -2.41. The summed E-state index contributed by atoms with van der Waals surface area (Å²) in [4.78, 5) is 36.8. The van der Waals surface area contributed by atoms with E-state index in [0.717, 1.165) is 0 Å². The lowest BCUT2D eigenvalue weighted by molar-refractivity contribution is -0.143. The number of aromatic nitrogens is 1. The lowest BCUT2D eigenvalue weighted by atomic mass is 10.1. The quantitative estimate of drug-likeness (QED) is 0.642. The van der Waals surface area contributed by atoms with E-state index in [0.29, 0.717) is 5.69 Å². The van der Waals surface area contributed by atoms with Gasteiger partial charge in [0.2, 0.25) is 5.91 Å². The molecule has 0 aliphatic heterocycles. The average Bonchev–Trinajstić information content (AvgIpc) is 2.35. The average molecular weight is 266 g/mol. The number of hydrogen-bond donors (Lipinski definition) is 3. The van der Waals surface area contributed by atoms with E-state index >= 15 is 0 Å². The molecule has 1 amide bonds. The Morgan fingerprint density at radius 2 is 2.00 bits per heavy atom. The maximum Gasteiger partial charge on any atom is 0.326 e. The Morgan fingerprint density at radius 1 is 1.26 bits per heavy atom. The lowest BCUT2D eigenvalue weighted by Gasteiger charge is -2.13. The van der Waals surface area contributed by atoms with Crippen LogP contribution in [0.15, 0.2) is 24.4 Å². The van der Waals surface area contributed by atoms with Gasteiger partial charge in [0.05, 0.1) is 6.42 Å². The van der Waals surface area contributed by atoms with Crippen LogP contribution in [0, 0.1) is 0 Å². The number of pyridine rings is 1. The van der Waals surface area contributed by atoms with Gasteiger partial charge in [0.1, 0.15) is 6.04 Å². The van der Waals surface area contributed by atoms with Crippen molar-refractivity contribution in [2.75, 3.05) is 0 Å². The zero-order valence-corrected chi connectivity index (χ0v) is 10.1. The standard InChI is InChI=1S/C12H14N2O5/c15-10(7-8-3-1-2-6-13-8)14-9(12(18)19)4-5-11(16)17/h1-3,6,9H,4-5,7H2,(H,14,15)(H,16,17)(H,18,19). The molecule has 0 saturated heterocycles. The summed E-state index contributed by atoms with van der Waals surface area (Å²) < 4.78 is 0. The molecule has 1 aromatic rings. The van der Waals surface area contributed by atoms with Gasteiger partial charge in [0.25, 0.3) is 0 Å². The molecular formula is C12H14N2O5. The van der Waals surface area contributed by atoms with Gasteiger partial charge >= 0.3 is 11.9 Å². The highest BCUT2D eigenvalue weighted by Crippen LogP contribution is 2.00. The van der Waals surface area contributed by atoms with Crippen molar-refractivity contribution in [3.63, 3.8) is 0 Å². The minimum atomic E-state index is -1.25. The van der Waals surface area contributed by atoms with Crippen molar-refractivity contribution in [1.82, 2.24) is 10.3 Å². The van der Waals surface area contributed by atoms with Crippen molar-refractivity contribution in [1.29, 1.82) is 0 Å². The number of carbonyl (C=O) groups is 3. The SMILES string of the molecule is O=C(O)CCC(NC(=O)Cc1ccccn1)C(=O)O. The predicted molar refractivity (Wildman–Crippen MR) is 64.4 cm³/mol. The normalized spacial score (nSPS) is 11.6. The molecule has 7 nitrogen and oxygen atoms in total. The second-order valence-corrected chi connectivity index (χ2v) is 3.89. The minimum absolute atomic E-state index is 0.0440. The molecule has 3 N–H and O–H groups in total. The third-order valence-corrected chi connectivity index (χ3v) is 2.35. The number of hydrogen-bond acceptors (Lipinski definition) is 4. The molecule has 7 heteroatoms. The molecule has 0 aliphatic carbocycles. The van der Waals surface area contributed by atoms with Gasteiger partial charge in [0.15, 0.2) is 0 Å². The summed E-state index contributed by atoms with van der Waals surface area (Å²) in [5.41, 5.74) is 0.516. The monoisotopic (exact) mass is 266 g/mol. The molecule has 1 atom stereocenters. The van der Waals surface area contributed by atoms with Crippen LogP contribution in [-0.4, -0.2) is 39.1 Å². The number of aliphatic carboxylic acids is 2. The molecule has 1 heterocycles. The van der Waals surface area contributed by atoms with Crippen molar-refractivity contribution in [3.05, 3.63) is 30.1 Å². The maximum absolute atomic E-state index is 11.6. The first kappa shape index (κ1) is 14.6. The first-order valence-electron chi connectivity index (χ1n) is 5.63. The van der Waals surface area contributed by atoms with E-state index in [4.69, 9.17) is 10.2 Å². The summed E-state index contributed by atoms with van der Waals surface area (Å²) in [7, 11) is 0. The van der Waals surface area contributed by atoms with Gasteiger partial charge in [-0.1, -0.05) is 6.07 Å². The molecule has 0 aromatic carbocycles. The highest BCUT2D eigenvalue weighted by Gasteiger charge is 2.20. The summed E-state index contributed by atoms with van der Waals surface area (Å²) in [6, 6.07) is 3.86. The molecule has 0 fully saturated rings. The zero-order valence-electron chi connectivity index (χ0n) is 10.1. The fraction of sp³-hybridized carbons (Fsp3) is 0.333. The Hall–Kier alpha value is -2.44. The van der Waals surface area contributed by atoms with Crippen LogP contribution in [0.2, 0.25) is 0 Å². The first-order valence-corrected chi connectivity index (χ1v) is 5.63. The van der Waals surface area contributed by atoms with Crippen LogP contribution in [0.3, 0.4) is 0 Å².